The highest BCUT2D eigenvalue weighted by Gasteiger charge is 2.22. The Labute approximate surface area is 187 Å². The molecule has 0 aliphatic carbocycles. The maximum absolute atomic E-state index is 13.2. The molecule has 0 unspecified atom stereocenters. The number of halogens is 2. The van der Waals surface area contributed by atoms with Crippen LogP contribution in [-0.4, -0.2) is 42.9 Å². The number of amides is 2. The van der Waals surface area contributed by atoms with E-state index in [-0.39, 0.29) is 11.8 Å². The Balaban J connectivity index is 1.91. The second-order valence-corrected chi connectivity index (χ2v) is 8.15. The number of carbonyl (C=O) groups is 2. The zero-order valence-electron chi connectivity index (χ0n) is 17.4. The van der Waals surface area contributed by atoms with Gasteiger partial charge < -0.3 is 15.1 Å². The van der Waals surface area contributed by atoms with E-state index in [0.717, 1.165) is 31.6 Å². The molecule has 0 radical (unpaired) electrons. The largest absolute Gasteiger partial charge is 0.371 e. The summed E-state index contributed by atoms with van der Waals surface area (Å²) in [7, 11) is 0. The van der Waals surface area contributed by atoms with Crippen molar-refractivity contribution in [3.8, 4) is 0 Å². The lowest BCUT2D eigenvalue weighted by molar-refractivity contribution is 0.0773. The van der Waals surface area contributed by atoms with Crippen LogP contribution in [-0.2, 0) is 0 Å². The first-order chi connectivity index (χ1) is 14.4. The zero-order valence-corrected chi connectivity index (χ0v) is 18.9. The molecule has 2 amide bonds. The molecule has 1 heterocycles. The molecule has 5 nitrogen and oxygen atoms in total. The van der Waals surface area contributed by atoms with Crippen LogP contribution in [0.3, 0.4) is 0 Å². The number of anilines is 2. The van der Waals surface area contributed by atoms with E-state index in [1.165, 1.54) is 12.5 Å². The molecule has 160 valence electrons. The van der Waals surface area contributed by atoms with Crippen LogP contribution in [0.4, 0.5) is 11.4 Å². The summed E-state index contributed by atoms with van der Waals surface area (Å²) in [6.45, 7) is 7.08. The fourth-order valence-electron chi connectivity index (χ4n) is 3.72. The molecule has 0 aromatic heterocycles. The number of nitrogens with one attached hydrogen (secondary N) is 1. The SMILES string of the molecule is CCN(CC)C(=O)c1cc(NC(=O)c2ccc(Cl)c(Cl)c2)ccc1N1CCCCC1. The molecule has 1 N–H and O–H groups in total. The second-order valence-electron chi connectivity index (χ2n) is 7.34. The van der Waals surface area contributed by atoms with Gasteiger partial charge in [-0.15, -0.1) is 0 Å². The van der Waals surface area contributed by atoms with Crippen molar-refractivity contribution in [3.63, 3.8) is 0 Å². The van der Waals surface area contributed by atoms with Crippen LogP contribution in [0.5, 0.6) is 0 Å². The van der Waals surface area contributed by atoms with Crippen LogP contribution < -0.4 is 10.2 Å². The third-order valence-corrected chi connectivity index (χ3v) is 6.15. The molecule has 0 bridgehead atoms. The number of benzene rings is 2. The molecule has 1 aliphatic rings. The molecule has 0 spiro atoms. The van der Waals surface area contributed by atoms with Crippen LogP contribution in [0, 0.1) is 0 Å². The number of rotatable bonds is 6. The highest BCUT2D eigenvalue weighted by Crippen LogP contribution is 2.29. The van der Waals surface area contributed by atoms with Crippen molar-refractivity contribution in [2.75, 3.05) is 36.4 Å². The minimum atomic E-state index is -0.305. The van der Waals surface area contributed by atoms with Gasteiger partial charge in [0, 0.05) is 43.1 Å². The lowest BCUT2D eigenvalue weighted by Gasteiger charge is -2.31. The first-order valence-corrected chi connectivity index (χ1v) is 11.1. The molecule has 0 atom stereocenters. The van der Waals surface area contributed by atoms with E-state index in [4.69, 9.17) is 23.2 Å². The van der Waals surface area contributed by atoms with Crippen LogP contribution >= 0.6 is 23.2 Å². The van der Waals surface area contributed by atoms with Gasteiger partial charge in [-0.3, -0.25) is 9.59 Å². The number of hydrogen-bond acceptors (Lipinski definition) is 3. The average molecular weight is 448 g/mol. The van der Waals surface area contributed by atoms with E-state index < -0.39 is 0 Å². The molecular formula is C23H27Cl2N3O2. The standard InChI is InChI=1S/C23H27Cl2N3O2/c1-3-27(4-2)23(30)18-15-17(9-11-21(18)28-12-6-5-7-13-28)26-22(29)16-8-10-19(24)20(25)14-16/h8-11,14-15H,3-7,12-13H2,1-2H3,(H,26,29). The van der Waals surface area contributed by atoms with Crippen molar-refractivity contribution >= 4 is 46.4 Å². The van der Waals surface area contributed by atoms with E-state index in [0.29, 0.717) is 39.9 Å². The minimum absolute atomic E-state index is 0.0220. The maximum Gasteiger partial charge on any atom is 0.256 e. The number of nitrogens with zero attached hydrogens (tertiary/aromatic N) is 2. The number of piperidine rings is 1. The van der Waals surface area contributed by atoms with Crippen LogP contribution in [0.1, 0.15) is 53.8 Å². The predicted octanol–water partition coefficient (Wildman–Crippen LogP) is 5.72. The average Bonchev–Trinajstić information content (AvgIpc) is 2.77. The summed E-state index contributed by atoms with van der Waals surface area (Å²) in [5.74, 6) is -0.327. The number of carbonyl (C=O) groups excluding carboxylic acids is 2. The third-order valence-electron chi connectivity index (χ3n) is 5.41. The predicted molar refractivity (Wildman–Crippen MR) is 124 cm³/mol. The molecule has 3 rings (SSSR count). The summed E-state index contributed by atoms with van der Waals surface area (Å²) in [5, 5.41) is 3.59. The fourth-order valence-corrected chi connectivity index (χ4v) is 4.02. The Kier molecular flexibility index (Phi) is 7.62. The second kappa shape index (κ2) is 10.2. The minimum Gasteiger partial charge on any atom is -0.371 e. The zero-order chi connectivity index (χ0) is 21.7. The van der Waals surface area contributed by atoms with Crippen molar-refractivity contribution in [2.24, 2.45) is 0 Å². The smallest absolute Gasteiger partial charge is 0.256 e. The van der Waals surface area contributed by atoms with Gasteiger partial charge in [-0.1, -0.05) is 23.2 Å². The summed E-state index contributed by atoms with van der Waals surface area (Å²) in [6.07, 6.45) is 3.46. The first kappa shape index (κ1) is 22.4. The molecule has 1 saturated heterocycles. The van der Waals surface area contributed by atoms with Crippen molar-refractivity contribution < 1.29 is 9.59 Å². The van der Waals surface area contributed by atoms with Gasteiger partial charge in [0.15, 0.2) is 0 Å². The van der Waals surface area contributed by atoms with Gasteiger partial charge in [0.05, 0.1) is 15.6 Å². The van der Waals surface area contributed by atoms with Gasteiger partial charge in [-0.2, -0.15) is 0 Å². The molecule has 0 saturated carbocycles. The van der Waals surface area contributed by atoms with Gasteiger partial charge in [0.2, 0.25) is 0 Å². The van der Waals surface area contributed by atoms with Crippen molar-refractivity contribution in [1.82, 2.24) is 4.90 Å². The molecule has 30 heavy (non-hydrogen) atoms. The first-order valence-electron chi connectivity index (χ1n) is 10.4. The van der Waals surface area contributed by atoms with Gasteiger partial charge >= 0.3 is 0 Å². The summed E-state index contributed by atoms with van der Waals surface area (Å²) < 4.78 is 0. The summed E-state index contributed by atoms with van der Waals surface area (Å²) in [6, 6.07) is 10.3. The van der Waals surface area contributed by atoms with Crippen LogP contribution in [0.15, 0.2) is 36.4 Å². The van der Waals surface area contributed by atoms with Crippen LogP contribution in [0.25, 0.3) is 0 Å². The molecule has 1 aliphatic heterocycles. The quantitative estimate of drug-likeness (QED) is 0.615. The van der Waals surface area contributed by atoms with Crippen molar-refractivity contribution in [1.29, 1.82) is 0 Å². The fraction of sp³-hybridized carbons (Fsp3) is 0.391. The Hall–Kier alpha value is -2.24. The van der Waals surface area contributed by atoms with Gasteiger partial charge in [-0.05, 0) is 69.5 Å². The van der Waals surface area contributed by atoms with Gasteiger partial charge in [0.1, 0.15) is 0 Å². The Bertz CT molecular complexity index is 923. The molecule has 1 fully saturated rings. The van der Waals surface area contributed by atoms with E-state index >= 15 is 0 Å². The lowest BCUT2D eigenvalue weighted by atomic mass is 10.0. The van der Waals surface area contributed by atoms with E-state index in [1.807, 2.05) is 26.0 Å². The lowest BCUT2D eigenvalue weighted by Crippen LogP contribution is -2.35. The molecule has 2 aromatic carbocycles. The summed E-state index contributed by atoms with van der Waals surface area (Å²) in [4.78, 5) is 30.0. The van der Waals surface area contributed by atoms with Crippen LogP contribution in [0.2, 0.25) is 10.0 Å². The molecule has 7 heteroatoms. The van der Waals surface area contributed by atoms with Gasteiger partial charge in [-0.25, -0.2) is 0 Å². The Morgan fingerprint density at radius 2 is 1.67 bits per heavy atom. The molecule has 2 aromatic rings. The third kappa shape index (κ3) is 5.08. The summed E-state index contributed by atoms with van der Waals surface area (Å²) in [5.41, 5.74) is 2.52. The number of hydrogen-bond donors (Lipinski definition) is 1. The highest BCUT2D eigenvalue weighted by atomic mass is 35.5. The molecular weight excluding hydrogens is 421 g/mol. The normalized spacial score (nSPS) is 13.8. The van der Waals surface area contributed by atoms with Gasteiger partial charge in [0.25, 0.3) is 11.8 Å². The monoisotopic (exact) mass is 447 g/mol. The highest BCUT2D eigenvalue weighted by molar-refractivity contribution is 6.42. The van der Waals surface area contributed by atoms with Crippen molar-refractivity contribution in [2.45, 2.75) is 33.1 Å². The van der Waals surface area contributed by atoms with E-state index in [2.05, 4.69) is 10.2 Å². The van der Waals surface area contributed by atoms with E-state index in [1.54, 1.807) is 23.1 Å². The topological polar surface area (TPSA) is 52.7 Å². The Morgan fingerprint density at radius 3 is 2.30 bits per heavy atom. The summed E-state index contributed by atoms with van der Waals surface area (Å²) >= 11 is 12.0. The maximum atomic E-state index is 13.2. The van der Waals surface area contributed by atoms with E-state index in [9.17, 15) is 9.59 Å². The Morgan fingerprint density at radius 1 is 0.967 bits per heavy atom. The van der Waals surface area contributed by atoms with Crippen molar-refractivity contribution in [3.05, 3.63) is 57.6 Å².